The number of benzene rings is 2. The van der Waals surface area contributed by atoms with Crippen LogP contribution in [0.15, 0.2) is 81.8 Å². The quantitative estimate of drug-likeness (QED) is 0.394. The summed E-state index contributed by atoms with van der Waals surface area (Å²) in [5, 5.41) is 2.85. The first-order chi connectivity index (χ1) is 20.2. The normalized spacial score (nSPS) is 24.3. The van der Waals surface area contributed by atoms with Crippen LogP contribution in [0.4, 0.5) is 0 Å². The van der Waals surface area contributed by atoms with Crippen LogP contribution in [0.1, 0.15) is 61.8 Å². The molecule has 0 N–H and O–H groups in total. The van der Waals surface area contributed by atoms with E-state index in [9.17, 15) is 9.59 Å². The molecule has 0 spiro atoms. The van der Waals surface area contributed by atoms with Crippen LogP contribution in [0.3, 0.4) is 0 Å². The van der Waals surface area contributed by atoms with Crippen molar-refractivity contribution in [1.29, 1.82) is 0 Å². The third-order valence-corrected chi connectivity index (χ3v) is 8.24. The standard InChI is InChI=1S/C34H36N4O4/c1-33(19-25-11-13-27-7-3-5-9-29(27)17-25)21-37(23-35-33)41-31(39)15-16-32(40)42-38-22-34(2,36-24-38)20-26-12-14-28-8-4-6-10-30(28)18-26/h3-10,15-18,23-24H,11-14,19-22H2,1-2H3/b16-15+. The predicted molar refractivity (Wildman–Crippen MR) is 163 cm³/mol. The molecule has 0 bridgehead atoms. The molecule has 2 aromatic rings. The van der Waals surface area contributed by atoms with Gasteiger partial charge in [0.05, 0.1) is 24.2 Å². The average Bonchev–Trinajstić information content (AvgIpc) is 3.52. The Hall–Kier alpha value is -4.46. The smallest absolute Gasteiger partial charge is 0.335 e. The van der Waals surface area contributed by atoms with Gasteiger partial charge in [0, 0.05) is 12.2 Å². The molecule has 216 valence electrons. The lowest BCUT2D eigenvalue weighted by molar-refractivity contribution is -0.168. The monoisotopic (exact) mass is 564 g/mol. The summed E-state index contributed by atoms with van der Waals surface area (Å²) in [6, 6.07) is 16.9. The molecule has 2 aromatic carbocycles. The number of hydrogen-bond donors (Lipinski definition) is 0. The fraction of sp³-hybridized carbons (Fsp3) is 0.353. The molecule has 0 saturated carbocycles. The summed E-state index contributed by atoms with van der Waals surface area (Å²) in [4.78, 5) is 44.9. The van der Waals surface area contributed by atoms with E-state index in [2.05, 4.69) is 84.5 Å². The molecule has 0 radical (unpaired) electrons. The molecular weight excluding hydrogens is 528 g/mol. The Labute approximate surface area is 246 Å². The van der Waals surface area contributed by atoms with E-state index in [1.54, 1.807) is 12.7 Å². The van der Waals surface area contributed by atoms with Crippen LogP contribution in [-0.4, -0.2) is 58.9 Å². The summed E-state index contributed by atoms with van der Waals surface area (Å²) in [6.07, 6.45) is 15.4. The van der Waals surface area contributed by atoms with Gasteiger partial charge in [0.25, 0.3) is 0 Å². The molecule has 2 unspecified atom stereocenters. The van der Waals surface area contributed by atoms with Crippen LogP contribution < -0.4 is 0 Å². The van der Waals surface area contributed by atoms with Gasteiger partial charge in [-0.05, 0) is 74.6 Å². The summed E-state index contributed by atoms with van der Waals surface area (Å²) >= 11 is 0. The van der Waals surface area contributed by atoms with Crippen LogP contribution in [0.5, 0.6) is 0 Å². The van der Waals surface area contributed by atoms with Crippen molar-refractivity contribution < 1.29 is 19.3 Å². The SMILES string of the molecule is CC1(CC2=Cc3ccccc3CC2)CN(OC(=O)/C=C/C(=O)ON2C=NC(C)(CC3=Cc4ccccc4CC3)C2)C=N1. The first kappa shape index (κ1) is 27.7. The summed E-state index contributed by atoms with van der Waals surface area (Å²) < 4.78 is 0. The molecule has 0 aromatic heterocycles. The zero-order valence-corrected chi connectivity index (χ0v) is 24.2. The van der Waals surface area contributed by atoms with Crippen LogP contribution in [0, 0.1) is 0 Å². The highest BCUT2D eigenvalue weighted by atomic mass is 16.7. The maximum absolute atomic E-state index is 12.4. The van der Waals surface area contributed by atoms with Crippen LogP contribution in [0.2, 0.25) is 0 Å². The molecule has 0 amide bonds. The Kier molecular flexibility index (Phi) is 7.54. The van der Waals surface area contributed by atoms with E-state index in [4.69, 9.17) is 9.68 Å². The highest BCUT2D eigenvalue weighted by Crippen LogP contribution is 2.34. The minimum Gasteiger partial charge on any atom is -0.335 e. The largest absolute Gasteiger partial charge is 0.356 e. The van der Waals surface area contributed by atoms with Crippen molar-refractivity contribution in [3.63, 3.8) is 0 Å². The molecule has 6 rings (SSSR count). The summed E-state index contributed by atoms with van der Waals surface area (Å²) in [5.74, 6) is -1.34. The van der Waals surface area contributed by atoms with Crippen molar-refractivity contribution >= 4 is 36.8 Å². The third-order valence-electron chi connectivity index (χ3n) is 8.24. The number of carbonyl (C=O) groups excluding carboxylic acids is 2. The number of hydrogen-bond acceptors (Lipinski definition) is 8. The van der Waals surface area contributed by atoms with E-state index in [-0.39, 0.29) is 11.1 Å². The van der Waals surface area contributed by atoms with Crippen molar-refractivity contribution in [2.45, 2.75) is 63.5 Å². The second-order valence-corrected chi connectivity index (χ2v) is 12.1. The highest BCUT2D eigenvalue weighted by Gasteiger charge is 2.35. The molecule has 2 atom stereocenters. The van der Waals surface area contributed by atoms with E-state index >= 15 is 0 Å². The number of nitrogens with zero attached hydrogens (tertiary/aromatic N) is 4. The fourth-order valence-electron chi connectivity index (χ4n) is 6.22. The maximum Gasteiger partial charge on any atom is 0.356 e. The van der Waals surface area contributed by atoms with Crippen LogP contribution in [-0.2, 0) is 32.1 Å². The number of hydroxylamine groups is 4. The lowest BCUT2D eigenvalue weighted by Gasteiger charge is -2.26. The molecule has 8 nitrogen and oxygen atoms in total. The summed E-state index contributed by atoms with van der Waals surface area (Å²) in [7, 11) is 0. The van der Waals surface area contributed by atoms with Crippen LogP contribution in [0.25, 0.3) is 12.2 Å². The highest BCUT2D eigenvalue weighted by molar-refractivity contribution is 5.92. The van der Waals surface area contributed by atoms with Gasteiger partial charge in [0.15, 0.2) is 0 Å². The minimum absolute atomic E-state index is 0.389. The van der Waals surface area contributed by atoms with Gasteiger partial charge in [-0.15, -0.1) is 0 Å². The van der Waals surface area contributed by atoms with Gasteiger partial charge in [-0.1, -0.05) is 71.8 Å². The van der Waals surface area contributed by atoms with Gasteiger partial charge < -0.3 is 9.68 Å². The molecule has 2 heterocycles. The van der Waals surface area contributed by atoms with E-state index in [0.29, 0.717) is 13.1 Å². The van der Waals surface area contributed by atoms with Gasteiger partial charge >= 0.3 is 11.9 Å². The Balaban J connectivity index is 0.948. The van der Waals surface area contributed by atoms with E-state index in [1.165, 1.54) is 43.5 Å². The van der Waals surface area contributed by atoms with Crippen molar-refractivity contribution in [1.82, 2.24) is 10.1 Å². The number of rotatable bonds is 8. The fourth-order valence-corrected chi connectivity index (χ4v) is 6.22. The Bertz CT molecular complexity index is 1430. The third kappa shape index (κ3) is 6.54. The Morgan fingerprint density at radius 2 is 1.14 bits per heavy atom. The molecular formula is C34H36N4O4. The molecule has 8 heteroatoms. The second kappa shape index (κ2) is 11.4. The molecule has 2 aliphatic heterocycles. The zero-order chi connectivity index (χ0) is 29.2. The van der Waals surface area contributed by atoms with Crippen molar-refractivity contribution in [3.8, 4) is 0 Å². The van der Waals surface area contributed by atoms with E-state index in [1.807, 2.05) is 0 Å². The first-order valence-corrected chi connectivity index (χ1v) is 14.5. The van der Waals surface area contributed by atoms with Crippen molar-refractivity contribution in [2.75, 3.05) is 13.1 Å². The lowest BCUT2D eigenvalue weighted by Crippen LogP contribution is -2.34. The van der Waals surface area contributed by atoms with Gasteiger partial charge in [-0.3, -0.25) is 9.98 Å². The van der Waals surface area contributed by atoms with Crippen molar-refractivity contribution in [2.24, 2.45) is 9.98 Å². The minimum atomic E-state index is -0.669. The summed E-state index contributed by atoms with van der Waals surface area (Å²) in [5.41, 5.74) is 7.18. The summed E-state index contributed by atoms with van der Waals surface area (Å²) in [6.45, 7) is 5.00. The number of fused-ring (bicyclic) bond motifs is 2. The van der Waals surface area contributed by atoms with Gasteiger partial charge in [0.2, 0.25) is 0 Å². The van der Waals surface area contributed by atoms with Gasteiger partial charge in [-0.25, -0.2) is 9.59 Å². The average molecular weight is 565 g/mol. The van der Waals surface area contributed by atoms with Crippen molar-refractivity contribution in [3.05, 3.63) is 94.1 Å². The molecule has 2 aliphatic carbocycles. The number of aryl methyl sites for hydroxylation is 2. The Morgan fingerprint density at radius 1 is 0.714 bits per heavy atom. The number of aliphatic imine (C=N–C) groups is 2. The van der Waals surface area contributed by atoms with Gasteiger partial charge in [-0.2, -0.15) is 10.1 Å². The molecule has 42 heavy (non-hydrogen) atoms. The number of carbonyl (C=O) groups is 2. The van der Waals surface area contributed by atoms with Crippen LogP contribution >= 0.6 is 0 Å². The first-order valence-electron chi connectivity index (χ1n) is 14.5. The molecule has 4 aliphatic rings. The zero-order valence-electron chi connectivity index (χ0n) is 24.2. The maximum atomic E-state index is 12.4. The lowest BCUT2D eigenvalue weighted by atomic mass is 9.85. The second-order valence-electron chi connectivity index (χ2n) is 12.1. The Morgan fingerprint density at radius 3 is 1.60 bits per heavy atom. The molecule has 0 saturated heterocycles. The van der Waals surface area contributed by atoms with Gasteiger partial charge in [0.1, 0.15) is 12.7 Å². The molecule has 0 fully saturated rings. The van der Waals surface area contributed by atoms with E-state index in [0.717, 1.165) is 50.7 Å². The van der Waals surface area contributed by atoms with E-state index < -0.39 is 11.9 Å². The topological polar surface area (TPSA) is 83.8 Å². The predicted octanol–water partition coefficient (Wildman–Crippen LogP) is 5.50.